The molecule has 3 aromatic rings. The second-order valence-electron chi connectivity index (χ2n) is 6.17. The molecular weight excluding hydrogens is 412 g/mol. The van der Waals surface area contributed by atoms with Gasteiger partial charge in [-0.2, -0.15) is 0 Å². The normalized spacial score (nSPS) is 10.7. The first-order chi connectivity index (χ1) is 14.4. The number of amides is 2. The average Bonchev–Trinajstić information content (AvgIpc) is 3.35. The number of nitrogens with one attached hydrogen (secondary N) is 1. The van der Waals surface area contributed by atoms with E-state index in [1.54, 1.807) is 23.0 Å². The molecule has 0 saturated heterocycles. The van der Waals surface area contributed by atoms with E-state index in [9.17, 15) is 19.7 Å². The van der Waals surface area contributed by atoms with Crippen LogP contribution < -0.4 is 11.1 Å². The molecule has 0 radical (unpaired) electrons. The van der Waals surface area contributed by atoms with E-state index in [4.69, 9.17) is 10.2 Å². The number of carbonyl (C=O) groups excluding carboxylic acids is 2. The van der Waals surface area contributed by atoms with Gasteiger partial charge in [-0.1, -0.05) is 11.8 Å². The number of anilines is 1. The lowest BCUT2D eigenvalue weighted by Crippen LogP contribution is -2.16. The zero-order chi connectivity index (χ0) is 21.5. The fourth-order valence-electron chi connectivity index (χ4n) is 2.56. The number of primary amides is 1. The van der Waals surface area contributed by atoms with Gasteiger partial charge in [0, 0.05) is 30.7 Å². The van der Waals surface area contributed by atoms with Gasteiger partial charge in [0.25, 0.3) is 5.69 Å². The summed E-state index contributed by atoms with van der Waals surface area (Å²) in [4.78, 5) is 33.5. The van der Waals surface area contributed by atoms with Crippen LogP contribution in [0.2, 0.25) is 0 Å². The van der Waals surface area contributed by atoms with Crippen LogP contribution in [0.1, 0.15) is 18.0 Å². The van der Waals surface area contributed by atoms with Crippen molar-refractivity contribution in [1.82, 2.24) is 14.8 Å². The monoisotopic (exact) mass is 430 g/mol. The number of non-ortho nitro benzene ring substituents is 1. The van der Waals surface area contributed by atoms with Gasteiger partial charge in [-0.25, -0.2) is 0 Å². The molecule has 1 aromatic carbocycles. The molecule has 11 nitrogen and oxygen atoms in total. The lowest BCUT2D eigenvalue weighted by molar-refractivity contribution is -0.384. The number of hydrogen-bond donors (Lipinski definition) is 2. The fraction of sp³-hybridized carbons (Fsp3) is 0.222. The molecule has 3 N–H and O–H groups in total. The summed E-state index contributed by atoms with van der Waals surface area (Å²) in [6.07, 6.45) is 1.99. The van der Waals surface area contributed by atoms with Crippen LogP contribution >= 0.6 is 11.8 Å². The van der Waals surface area contributed by atoms with Crippen molar-refractivity contribution >= 4 is 35.0 Å². The van der Waals surface area contributed by atoms with Crippen LogP contribution in [0.15, 0.2) is 52.2 Å². The average molecular weight is 430 g/mol. The molecule has 0 spiro atoms. The zero-order valence-corrected chi connectivity index (χ0v) is 16.5. The zero-order valence-electron chi connectivity index (χ0n) is 15.7. The van der Waals surface area contributed by atoms with Crippen molar-refractivity contribution in [2.75, 3.05) is 11.1 Å². The van der Waals surface area contributed by atoms with Gasteiger partial charge in [0.2, 0.25) is 11.8 Å². The molecule has 2 amide bonds. The number of hydrogen-bond acceptors (Lipinski definition) is 8. The van der Waals surface area contributed by atoms with Crippen molar-refractivity contribution in [3.8, 4) is 0 Å². The van der Waals surface area contributed by atoms with Crippen molar-refractivity contribution in [1.29, 1.82) is 0 Å². The number of furan rings is 1. The highest BCUT2D eigenvalue weighted by molar-refractivity contribution is 7.99. The minimum absolute atomic E-state index is 0.0447. The van der Waals surface area contributed by atoms with Gasteiger partial charge in [0.15, 0.2) is 5.16 Å². The quantitative estimate of drug-likeness (QED) is 0.280. The third-order valence-electron chi connectivity index (χ3n) is 3.98. The molecule has 12 heteroatoms. The number of nitrogens with zero attached hydrogens (tertiary/aromatic N) is 4. The highest BCUT2D eigenvalue weighted by atomic mass is 32.2. The van der Waals surface area contributed by atoms with Crippen molar-refractivity contribution in [3.63, 3.8) is 0 Å². The van der Waals surface area contributed by atoms with E-state index in [0.717, 1.165) is 0 Å². The molecule has 0 aliphatic heterocycles. The third-order valence-corrected chi connectivity index (χ3v) is 4.94. The predicted octanol–water partition coefficient (Wildman–Crippen LogP) is 1.98. The number of benzene rings is 1. The second-order valence-corrected chi connectivity index (χ2v) is 7.11. The Morgan fingerprint density at radius 2 is 2.00 bits per heavy atom. The first kappa shape index (κ1) is 21.0. The molecule has 3 rings (SSSR count). The Balaban J connectivity index is 1.65. The molecule has 0 atom stereocenters. The van der Waals surface area contributed by atoms with Crippen molar-refractivity contribution in [3.05, 3.63) is 64.4 Å². The number of nitro groups is 1. The third kappa shape index (κ3) is 5.67. The molecule has 0 bridgehead atoms. The van der Waals surface area contributed by atoms with Crippen molar-refractivity contribution in [2.45, 2.75) is 24.5 Å². The van der Waals surface area contributed by atoms with Gasteiger partial charge < -0.3 is 15.5 Å². The molecular formula is C18H18N6O5S. The minimum Gasteiger partial charge on any atom is -0.467 e. The Hall–Kier alpha value is -3.67. The van der Waals surface area contributed by atoms with E-state index in [-0.39, 0.29) is 23.8 Å². The van der Waals surface area contributed by atoms with Gasteiger partial charge >= 0.3 is 0 Å². The van der Waals surface area contributed by atoms with Gasteiger partial charge in [-0.05, 0) is 24.3 Å². The van der Waals surface area contributed by atoms with Gasteiger partial charge in [0.05, 0.1) is 23.5 Å². The maximum Gasteiger partial charge on any atom is 0.269 e. The van der Waals surface area contributed by atoms with Crippen LogP contribution in [0.3, 0.4) is 0 Å². The van der Waals surface area contributed by atoms with Crippen LogP contribution in [0, 0.1) is 10.1 Å². The number of carbonyl (C=O) groups is 2. The van der Waals surface area contributed by atoms with Crippen LogP contribution in [0.25, 0.3) is 0 Å². The lowest BCUT2D eigenvalue weighted by Gasteiger charge is -2.09. The maximum absolute atomic E-state index is 12.3. The molecule has 0 aliphatic carbocycles. The van der Waals surface area contributed by atoms with Crippen molar-refractivity contribution in [2.24, 2.45) is 5.73 Å². The van der Waals surface area contributed by atoms with Crippen LogP contribution in [-0.4, -0.2) is 37.3 Å². The van der Waals surface area contributed by atoms with E-state index in [2.05, 4.69) is 15.5 Å². The summed E-state index contributed by atoms with van der Waals surface area (Å²) >= 11 is 1.17. The first-order valence-electron chi connectivity index (χ1n) is 8.82. The Morgan fingerprint density at radius 1 is 1.23 bits per heavy atom. The fourth-order valence-corrected chi connectivity index (χ4v) is 3.31. The predicted molar refractivity (Wildman–Crippen MR) is 108 cm³/mol. The largest absolute Gasteiger partial charge is 0.467 e. The molecule has 2 heterocycles. The Morgan fingerprint density at radius 3 is 2.63 bits per heavy atom. The number of nitrogens with two attached hydrogens (primary N) is 1. The first-order valence-corrected chi connectivity index (χ1v) is 9.81. The van der Waals surface area contributed by atoms with E-state index < -0.39 is 10.8 Å². The smallest absolute Gasteiger partial charge is 0.269 e. The molecule has 156 valence electrons. The molecule has 0 saturated carbocycles. The topological polar surface area (TPSA) is 159 Å². The van der Waals surface area contributed by atoms with Crippen LogP contribution in [-0.2, 0) is 22.6 Å². The second kappa shape index (κ2) is 9.69. The summed E-state index contributed by atoms with van der Waals surface area (Å²) in [5.41, 5.74) is 5.61. The van der Waals surface area contributed by atoms with E-state index in [1.807, 2.05) is 0 Å². The molecule has 2 aromatic heterocycles. The number of aromatic nitrogens is 3. The summed E-state index contributed by atoms with van der Waals surface area (Å²) in [5.74, 6) is 0.526. The van der Waals surface area contributed by atoms with Crippen LogP contribution in [0.4, 0.5) is 11.4 Å². The van der Waals surface area contributed by atoms with E-state index in [0.29, 0.717) is 35.4 Å². The maximum atomic E-state index is 12.3. The SMILES string of the molecule is NC(=O)CCc1nnc(SCC(=O)Nc2ccc([N+](=O)[O-])cc2)n1Cc1ccco1. The minimum atomic E-state index is -0.511. The number of nitro benzene ring substituents is 1. The number of thioether (sulfide) groups is 1. The van der Waals surface area contributed by atoms with Crippen LogP contribution in [0.5, 0.6) is 0 Å². The van der Waals surface area contributed by atoms with E-state index >= 15 is 0 Å². The summed E-state index contributed by atoms with van der Waals surface area (Å²) in [6, 6.07) is 9.10. The lowest BCUT2D eigenvalue weighted by atomic mass is 10.3. The van der Waals surface area contributed by atoms with Crippen molar-refractivity contribution < 1.29 is 18.9 Å². The molecule has 30 heavy (non-hydrogen) atoms. The number of aryl methyl sites for hydroxylation is 1. The standard InChI is InChI=1S/C18H18N6O5S/c19-15(25)7-8-16-21-22-18(23(16)10-14-2-1-9-29-14)30-11-17(26)20-12-3-5-13(6-4-12)24(27)28/h1-6,9H,7-8,10-11H2,(H2,19,25)(H,20,26). The summed E-state index contributed by atoms with van der Waals surface area (Å²) < 4.78 is 7.14. The van der Waals surface area contributed by atoms with Gasteiger partial charge in [0.1, 0.15) is 11.6 Å². The van der Waals surface area contributed by atoms with Gasteiger partial charge in [-0.3, -0.25) is 24.3 Å². The summed E-state index contributed by atoms with van der Waals surface area (Å²) in [7, 11) is 0. The van der Waals surface area contributed by atoms with E-state index in [1.165, 1.54) is 36.0 Å². The summed E-state index contributed by atoms with van der Waals surface area (Å²) in [6.45, 7) is 0.348. The molecule has 0 fully saturated rings. The Labute approximate surface area is 174 Å². The number of rotatable bonds is 10. The van der Waals surface area contributed by atoms with Gasteiger partial charge in [-0.15, -0.1) is 10.2 Å². The highest BCUT2D eigenvalue weighted by Gasteiger charge is 2.16. The molecule has 0 unspecified atom stereocenters. The Bertz CT molecular complexity index is 1030. The molecule has 0 aliphatic rings. The Kier molecular flexibility index (Phi) is 6.80. The highest BCUT2D eigenvalue weighted by Crippen LogP contribution is 2.21. The summed E-state index contributed by atoms with van der Waals surface area (Å²) in [5, 5.41) is 22.1.